The number of nitrogens with one attached hydrogen (secondary N) is 1. The summed E-state index contributed by atoms with van der Waals surface area (Å²) in [6.45, 7) is 29.5. The van der Waals surface area contributed by atoms with Gasteiger partial charge >= 0.3 is 0 Å². The molecule has 0 saturated carbocycles. The van der Waals surface area contributed by atoms with Gasteiger partial charge in [0.2, 0.25) is 11.7 Å². The number of pyridine rings is 1. The monoisotopic (exact) mass is 522 g/mol. The van der Waals surface area contributed by atoms with E-state index in [1.54, 1.807) is 6.08 Å². The van der Waals surface area contributed by atoms with Crippen LogP contribution < -0.4 is 15.1 Å². The summed E-state index contributed by atoms with van der Waals surface area (Å²) in [6.07, 6.45) is 6.10. The van der Waals surface area contributed by atoms with Gasteiger partial charge in [0.1, 0.15) is 11.5 Å². The van der Waals surface area contributed by atoms with Crippen LogP contribution in [0, 0.1) is 0 Å². The molecule has 2 unspecified atom stereocenters. The number of nitrogens with zero attached hydrogens (tertiary/aromatic N) is 2. The third-order valence-electron chi connectivity index (χ3n) is 8.09. The zero-order valence-electron chi connectivity index (χ0n) is 23.5. The number of benzene rings is 1. The van der Waals surface area contributed by atoms with Gasteiger partial charge in [-0.3, -0.25) is 0 Å². The molecule has 0 fully saturated rings. The summed E-state index contributed by atoms with van der Waals surface area (Å²) in [7, 11) is -1.62. The van der Waals surface area contributed by atoms with Gasteiger partial charge in [-0.15, -0.1) is 0 Å². The second-order valence-corrected chi connectivity index (χ2v) is 17.0. The first kappa shape index (κ1) is 26.2. The van der Waals surface area contributed by atoms with Crippen LogP contribution in [-0.2, 0) is 4.74 Å². The highest BCUT2D eigenvalue weighted by molar-refractivity contribution is 6.89. The molecule has 1 N–H and O–H groups in total. The highest BCUT2D eigenvalue weighted by Crippen LogP contribution is 2.45. The molecular formula is C33H40N3OSi+. The molecule has 3 aliphatic rings. The van der Waals surface area contributed by atoms with Crippen molar-refractivity contribution in [2.75, 3.05) is 6.54 Å². The number of aliphatic imine (C=N–C) groups is 1. The maximum atomic E-state index is 5.89. The number of ether oxygens (including phenoxy) is 1. The number of hydrogen-bond donors (Lipinski definition) is 1. The van der Waals surface area contributed by atoms with Crippen molar-refractivity contribution < 1.29 is 9.30 Å². The minimum atomic E-state index is -1.62. The van der Waals surface area contributed by atoms with Crippen LogP contribution in [0.3, 0.4) is 0 Å². The van der Waals surface area contributed by atoms with Crippen LogP contribution in [0.5, 0.6) is 0 Å². The Morgan fingerprint density at radius 1 is 1.16 bits per heavy atom. The summed E-state index contributed by atoms with van der Waals surface area (Å²) in [4.78, 5) is 5.16. The van der Waals surface area contributed by atoms with Gasteiger partial charge in [0.15, 0.2) is 12.1 Å². The summed E-state index contributed by atoms with van der Waals surface area (Å²) in [5.41, 5.74) is 9.12. The lowest BCUT2D eigenvalue weighted by Crippen LogP contribution is -2.54. The van der Waals surface area contributed by atoms with E-state index in [1.807, 2.05) is 0 Å². The van der Waals surface area contributed by atoms with E-state index >= 15 is 0 Å². The van der Waals surface area contributed by atoms with E-state index in [9.17, 15) is 0 Å². The van der Waals surface area contributed by atoms with E-state index in [1.165, 1.54) is 33.1 Å². The Morgan fingerprint density at radius 3 is 2.58 bits per heavy atom. The third kappa shape index (κ3) is 4.43. The van der Waals surface area contributed by atoms with E-state index in [0.29, 0.717) is 24.1 Å². The Bertz CT molecular complexity index is 1440. The quantitative estimate of drug-likeness (QED) is 0.356. The number of rotatable bonds is 3. The maximum absolute atomic E-state index is 5.89. The molecule has 0 spiro atoms. The molecule has 4 heterocycles. The molecule has 1 aromatic carbocycles. The van der Waals surface area contributed by atoms with E-state index < -0.39 is 8.07 Å². The summed E-state index contributed by atoms with van der Waals surface area (Å²) < 4.78 is 8.38. The van der Waals surface area contributed by atoms with Crippen molar-refractivity contribution >= 4 is 19.0 Å². The van der Waals surface area contributed by atoms with Gasteiger partial charge in [0, 0.05) is 28.9 Å². The van der Waals surface area contributed by atoms with Gasteiger partial charge in [-0.1, -0.05) is 71.4 Å². The average molecular weight is 523 g/mol. The summed E-state index contributed by atoms with van der Waals surface area (Å²) >= 11 is 0. The Morgan fingerprint density at radius 2 is 1.89 bits per heavy atom. The van der Waals surface area contributed by atoms with Crippen molar-refractivity contribution in [3.05, 3.63) is 109 Å². The second-order valence-electron chi connectivity index (χ2n) is 12.0. The fourth-order valence-electron chi connectivity index (χ4n) is 6.28. The van der Waals surface area contributed by atoms with Crippen molar-refractivity contribution in [3.8, 4) is 11.3 Å². The number of fused-ring (bicyclic) bond motifs is 6. The molecular weight excluding hydrogens is 482 g/mol. The van der Waals surface area contributed by atoms with Crippen LogP contribution in [0.25, 0.3) is 11.3 Å². The maximum Gasteiger partial charge on any atom is 0.213 e. The predicted octanol–water partition coefficient (Wildman–Crippen LogP) is 6.78. The van der Waals surface area contributed by atoms with Crippen molar-refractivity contribution in [2.45, 2.75) is 64.2 Å². The van der Waals surface area contributed by atoms with Gasteiger partial charge in [-0.2, -0.15) is 4.57 Å². The van der Waals surface area contributed by atoms with Crippen molar-refractivity contribution in [1.29, 1.82) is 0 Å². The normalized spacial score (nSPS) is 22.8. The molecule has 196 valence electrons. The topological polar surface area (TPSA) is 37.5 Å². The molecule has 5 heteroatoms. The largest absolute Gasteiger partial charge is 0.442 e. The first-order chi connectivity index (χ1) is 18.0. The molecule has 0 radical (unpaired) electrons. The molecule has 0 aliphatic carbocycles. The Kier molecular flexibility index (Phi) is 6.68. The molecule has 0 saturated heterocycles. The van der Waals surface area contributed by atoms with E-state index in [4.69, 9.17) is 9.73 Å². The average Bonchev–Trinajstić information content (AvgIpc) is 2.96. The van der Waals surface area contributed by atoms with Crippen molar-refractivity contribution in [3.63, 3.8) is 0 Å². The zero-order valence-corrected chi connectivity index (χ0v) is 24.5. The molecule has 2 aromatic rings. The van der Waals surface area contributed by atoms with Gasteiger partial charge in [0.05, 0.1) is 19.7 Å². The molecule has 2 atom stereocenters. The molecule has 1 aromatic heterocycles. The molecule has 5 rings (SSSR count). The fraction of sp³-hybridized carbons (Fsp3) is 0.333. The van der Waals surface area contributed by atoms with E-state index in [2.05, 4.69) is 106 Å². The van der Waals surface area contributed by atoms with E-state index in [-0.39, 0.29) is 12.0 Å². The SMILES string of the molecule is C=C/C1=N/C(=C)C2C(CCC3=C1C(=C)OC(=C)NC3)c1ccccc1-c1cc(C(C)C)c([Si](C)(C)C)c[n+]12. The lowest BCUT2D eigenvalue weighted by Gasteiger charge is -2.33. The molecule has 0 bridgehead atoms. The lowest BCUT2D eigenvalue weighted by molar-refractivity contribution is -0.708. The zero-order chi connectivity index (χ0) is 27.4. The Labute approximate surface area is 228 Å². The molecule has 0 amide bonds. The van der Waals surface area contributed by atoms with Gasteiger partial charge in [0.25, 0.3) is 0 Å². The van der Waals surface area contributed by atoms with Crippen LogP contribution in [-0.4, -0.2) is 20.3 Å². The van der Waals surface area contributed by atoms with Gasteiger partial charge in [-0.25, -0.2) is 4.99 Å². The summed E-state index contributed by atoms with van der Waals surface area (Å²) in [5.74, 6) is 1.75. The number of aromatic nitrogens is 1. The first-order valence-corrected chi connectivity index (χ1v) is 17.1. The summed E-state index contributed by atoms with van der Waals surface area (Å²) in [5, 5.41) is 4.81. The van der Waals surface area contributed by atoms with Crippen LogP contribution in [0.15, 0.2) is 102 Å². The van der Waals surface area contributed by atoms with Crippen LogP contribution in [0.1, 0.15) is 55.7 Å². The highest BCUT2D eigenvalue weighted by Gasteiger charge is 2.44. The smallest absolute Gasteiger partial charge is 0.213 e. The minimum absolute atomic E-state index is 0.00631. The van der Waals surface area contributed by atoms with Gasteiger partial charge < -0.3 is 10.1 Å². The number of hydrogen-bond acceptors (Lipinski definition) is 3. The standard InChI is InChI=1S/C33H40N3OSi/c1-10-29-32-22(5)37-23(6)34-18-24(32)15-16-27-25-13-11-12-14-26(25)30-17-28(20(2)3)31(38(7,8)9)19-36(30)33(27)21(4)35-29/h10-14,17,19-20,27,33-34H,1,4-6,15-16,18H2,2-3,7-9H3/q+1/b35-29-. The molecule has 38 heavy (non-hydrogen) atoms. The van der Waals surface area contributed by atoms with Crippen molar-refractivity contribution in [2.24, 2.45) is 4.99 Å². The lowest BCUT2D eigenvalue weighted by atomic mass is 9.78. The van der Waals surface area contributed by atoms with Crippen LogP contribution >= 0.6 is 0 Å². The van der Waals surface area contributed by atoms with Gasteiger partial charge in [-0.05, 0) is 54.2 Å². The first-order valence-electron chi connectivity index (χ1n) is 13.6. The third-order valence-corrected chi connectivity index (χ3v) is 10.1. The van der Waals surface area contributed by atoms with Crippen molar-refractivity contribution in [1.82, 2.24) is 5.32 Å². The van der Waals surface area contributed by atoms with E-state index in [0.717, 1.165) is 29.8 Å². The number of allylic oxidation sites excluding steroid dienone is 3. The Balaban J connectivity index is 1.77. The predicted molar refractivity (Wildman–Crippen MR) is 161 cm³/mol. The molecule has 4 nitrogen and oxygen atoms in total. The fourth-order valence-corrected chi connectivity index (χ4v) is 8.03. The highest BCUT2D eigenvalue weighted by atomic mass is 28.3. The van der Waals surface area contributed by atoms with Crippen LogP contribution in [0.2, 0.25) is 19.6 Å². The van der Waals surface area contributed by atoms with Crippen LogP contribution in [0.4, 0.5) is 0 Å². The molecule has 3 aliphatic heterocycles. The second kappa shape index (κ2) is 9.70. The minimum Gasteiger partial charge on any atom is -0.442 e. The Hall–Kier alpha value is -3.44. The summed E-state index contributed by atoms with van der Waals surface area (Å²) in [6, 6.07) is 11.4.